The molecular weight excluding hydrogens is 360 g/mol. The topological polar surface area (TPSA) is 41.6 Å². The van der Waals surface area contributed by atoms with E-state index in [-0.39, 0.29) is 18.3 Å². The average molecular weight is 387 g/mol. The maximum atomic E-state index is 13.2. The summed E-state index contributed by atoms with van der Waals surface area (Å²) >= 11 is 0. The maximum Gasteiger partial charge on any atom is 0.254 e. The van der Waals surface area contributed by atoms with E-state index in [1.165, 1.54) is 5.56 Å². The van der Waals surface area contributed by atoms with Crippen molar-refractivity contribution in [3.8, 4) is 5.75 Å². The number of likely N-dealkylation sites (tertiary alicyclic amines) is 1. The van der Waals surface area contributed by atoms with E-state index in [0.717, 1.165) is 55.8 Å². The van der Waals surface area contributed by atoms with Crippen LogP contribution in [0.4, 0.5) is 0 Å². The Morgan fingerprint density at radius 2 is 2.00 bits per heavy atom. The van der Waals surface area contributed by atoms with Gasteiger partial charge in [0, 0.05) is 31.2 Å². The van der Waals surface area contributed by atoms with Crippen molar-refractivity contribution in [3.05, 3.63) is 65.2 Å². The summed E-state index contributed by atoms with van der Waals surface area (Å²) in [7, 11) is 1.69. The molecule has 0 spiro atoms. The molecule has 0 aliphatic carbocycles. The third kappa shape index (κ3) is 4.12. The zero-order valence-corrected chi connectivity index (χ0v) is 16.5. The molecule has 0 aromatic heterocycles. The minimum Gasteiger partial charge on any atom is -0.497 e. The first-order valence-corrected chi connectivity index (χ1v) is 9.49. The molecule has 27 heavy (non-hydrogen) atoms. The molecule has 0 radical (unpaired) electrons. The minimum absolute atomic E-state index is 0. The van der Waals surface area contributed by atoms with Crippen LogP contribution in [0.15, 0.2) is 48.5 Å². The molecule has 2 aliphatic heterocycles. The second-order valence-corrected chi connectivity index (χ2v) is 7.28. The predicted octanol–water partition coefficient (Wildman–Crippen LogP) is 3.34. The van der Waals surface area contributed by atoms with Crippen LogP contribution in [0, 0.1) is 5.92 Å². The standard InChI is InChI=1S/C22H26N2O2.ClH/c1-26-19-7-4-5-16(13-19)9-10-17-6-2-3-8-20(17)22(25)24-12-11-18-14-23-15-21(18)24;/h2-8,13,18,21,23H,9-12,14-15H2,1H3;1H/t18-,21+;/m0./s1. The lowest BCUT2D eigenvalue weighted by Gasteiger charge is -2.24. The Morgan fingerprint density at radius 3 is 2.85 bits per heavy atom. The van der Waals surface area contributed by atoms with Crippen molar-refractivity contribution in [3.63, 3.8) is 0 Å². The number of nitrogens with zero attached hydrogens (tertiary/aromatic N) is 1. The molecule has 144 valence electrons. The molecule has 0 unspecified atom stereocenters. The van der Waals surface area contributed by atoms with Crippen LogP contribution in [0.5, 0.6) is 5.75 Å². The van der Waals surface area contributed by atoms with Crippen molar-refractivity contribution in [1.82, 2.24) is 10.2 Å². The molecule has 4 nitrogen and oxygen atoms in total. The number of amides is 1. The van der Waals surface area contributed by atoms with E-state index in [9.17, 15) is 4.79 Å². The van der Waals surface area contributed by atoms with E-state index in [1.807, 2.05) is 30.3 Å². The monoisotopic (exact) mass is 386 g/mol. The number of rotatable bonds is 5. The summed E-state index contributed by atoms with van der Waals surface area (Å²) in [4.78, 5) is 15.3. The van der Waals surface area contributed by atoms with Crippen molar-refractivity contribution in [2.24, 2.45) is 5.92 Å². The summed E-state index contributed by atoms with van der Waals surface area (Å²) in [5, 5.41) is 3.43. The number of fused-ring (bicyclic) bond motifs is 1. The number of hydrogen-bond acceptors (Lipinski definition) is 3. The number of methoxy groups -OCH3 is 1. The molecule has 0 saturated carbocycles. The lowest BCUT2D eigenvalue weighted by molar-refractivity contribution is 0.0736. The summed E-state index contributed by atoms with van der Waals surface area (Å²) in [6, 6.07) is 16.6. The summed E-state index contributed by atoms with van der Waals surface area (Å²) in [5.41, 5.74) is 3.23. The van der Waals surface area contributed by atoms with Gasteiger partial charge in [-0.2, -0.15) is 0 Å². The molecule has 2 aromatic carbocycles. The van der Waals surface area contributed by atoms with Crippen molar-refractivity contribution >= 4 is 18.3 Å². The largest absolute Gasteiger partial charge is 0.497 e. The molecule has 0 bridgehead atoms. The first-order chi connectivity index (χ1) is 12.8. The fraction of sp³-hybridized carbons (Fsp3) is 0.409. The van der Waals surface area contributed by atoms with Crippen LogP contribution in [0.3, 0.4) is 0 Å². The molecule has 2 fully saturated rings. The quantitative estimate of drug-likeness (QED) is 0.856. The molecule has 2 heterocycles. The molecule has 2 saturated heterocycles. The van der Waals surface area contributed by atoms with Crippen molar-refractivity contribution in [1.29, 1.82) is 0 Å². The van der Waals surface area contributed by atoms with Gasteiger partial charge in [-0.1, -0.05) is 30.3 Å². The van der Waals surface area contributed by atoms with Crippen LogP contribution in [-0.2, 0) is 12.8 Å². The average Bonchev–Trinajstić information content (AvgIpc) is 3.30. The number of hydrogen-bond donors (Lipinski definition) is 1. The third-order valence-electron chi connectivity index (χ3n) is 5.77. The van der Waals surface area contributed by atoms with Gasteiger partial charge in [0.1, 0.15) is 5.75 Å². The number of nitrogens with one attached hydrogen (secondary N) is 1. The van der Waals surface area contributed by atoms with Gasteiger partial charge in [0.15, 0.2) is 0 Å². The van der Waals surface area contributed by atoms with Crippen LogP contribution in [0.1, 0.15) is 27.9 Å². The molecule has 1 N–H and O–H groups in total. The van der Waals surface area contributed by atoms with E-state index in [0.29, 0.717) is 12.0 Å². The Labute approximate surface area is 167 Å². The number of ether oxygens (including phenoxy) is 1. The summed E-state index contributed by atoms with van der Waals surface area (Å²) in [6.07, 6.45) is 2.87. The van der Waals surface area contributed by atoms with Gasteiger partial charge >= 0.3 is 0 Å². The van der Waals surface area contributed by atoms with Crippen molar-refractivity contribution < 1.29 is 9.53 Å². The van der Waals surface area contributed by atoms with E-state index in [1.54, 1.807) is 7.11 Å². The highest BCUT2D eigenvalue weighted by molar-refractivity contribution is 5.96. The summed E-state index contributed by atoms with van der Waals surface area (Å²) in [5.74, 6) is 1.70. The van der Waals surface area contributed by atoms with Gasteiger partial charge in [-0.05, 0) is 54.5 Å². The molecule has 5 heteroatoms. The number of carbonyl (C=O) groups excluding carboxylic acids is 1. The Balaban J connectivity index is 0.00000210. The zero-order valence-electron chi connectivity index (χ0n) is 15.7. The van der Waals surface area contributed by atoms with Crippen LogP contribution in [0.2, 0.25) is 0 Å². The van der Waals surface area contributed by atoms with E-state index in [2.05, 4.69) is 28.4 Å². The van der Waals surface area contributed by atoms with Gasteiger partial charge < -0.3 is 15.0 Å². The molecule has 4 rings (SSSR count). The molecule has 1 amide bonds. The molecular formula is C22H27ClN2O2. The Morgan fingerprint density at radius 1 is 1.15 bits per heavy atom. The number of aryl methyl sites for hydroxylation is 2. The Kier molecular flexibility index (Phi) is 6.40. The smallest absolute Gasteiger partial charge is 0.254 e. The van der Waals surface area contributed by atoms with E-state index < -0.39 is 0 Å². The lowest BCUT2D eigenvalue weighted by atomic mass is 9.98. The maximum absolute atomic E-state index is 13.2. The van der Waals surface area contributed by atoms with Gasteiger partial charge in [-0.25, -0.2) is 0 Å². The summed E-state index contributed by atoms with van der Waals surface area (Å²) in [6.45, 7) is 2.87. The van der Waals surface area contributed by atoms with Gasteiger partial charge in [0.2, 0.25) is 0 Å². The zero-order chi connectivity index (χ0) is 17.9. The van der Waals surface area contributed by atoms with Gasteiger partial charge in [0.25, 0.3) is 5.91 Å². The number of benzene rings is 2. The third-order valence-corrected chi connectivity index (χ3v) is 5.77. The van der Waals surface area contributed by atoms with E-state index in [4.69, 9.17) is 4.74 Å². The lowest BCUT2D eigenvalue weighted by Crippen LogP contribution is -2.39. The highest BCUT2D eigenvalue weighted by atomic mass is 35.5. The van der Waals surface area contributed by atoms with Crippen molar-refractivity contribution in [2.75, 3.05) is 26.7 Å². The van der Waals surface area contributed by atoms with Crippen LogP contribution in [0.25, 0.3) is 0 Å². The first kappa shape index (κ1) is 19.7. The Bertz CT molecular complexity index is 795. The minimum atomic E-state index is 0. The van der Waals surface area contributed by atoms with Crippen LogP contribution < -0.4 is 10.1 Å². The fourth-order valence-electron chi connectivity index (χ4n) is 4.31. The second-order valence-electron chi connectivity index (χ2n) is 7.28. The van der Waals surface area contributed by atoms with E-state index >= 15 is 0 Å². The van der Waals surface area contributed by atoms with Crippen LogP contribution >= 0.6 is 12.4 Å². The van der Waals surface area contributed by atoms with Crippen molar-refractivity contribution in [2.45, 2.75) is 25.3 Å². The SMILES string of the molecule is COc1cccc(CCc2ccccc2C(=O)N2CC[C@H]3CNC[C@H]32)c1.Cl. The normalized spacial score (nSPS) is 20.9. The van der Waals surface area contributed by atoms with Gasteiger partial charge in [0.05, 0.1) is 7.11 Å². The number of carbonyl (C=O) groups is 1. The fourth-order valence-corrected chi connectivity index (χ4v) is 4.31. The second kappa shape index (κ2) is 8.77. The Hall–Kier alpha value is -2.04. The predicted molar refractivity (Wildman–Crippen MR) is 110 cm³/mol. The highest BCUT2D eigenvalue weighted by Gasteiger charge is 2.40. The summed E-state index contributed by atoms with van der Waals surface area (Å²) < 4.78 is 5.31. The van der Waals surface area contributed by atoms with Crippen LogP contribution in [-0.4, -0.2) is 43.6 Å². The van der Waals surface area contributed by atoms with Gasteiger partial charge in [-0.3, -0.25) is 4.79 Å². The highest BCUT2D eigenvalue weighted by Crippen LogP contribution is 2.29. The number of halogens is 1. The molecule has 2 aliphatic rings. The molecule has 2 aromatic rings. The van der Waals surface area contributed by atoms with Gasteiger partial charge in [-0.15, -0.1) is 12.4 Å². The molecule has 2 atom stereocenters. The first-order valence-electron chi connectivity index (χ1n) is 9.49.